The number of ether oxygens (including phenoxy) is 1. The molecule has 0 aromatic carbocycles. The first-order chi connectivity index (χ1) is 7.37. The van der Waals surface area contributed by atoms with Crippen LogP contribution in [0.15, 0.2) is 23.1 Å². The van der Waals surface area contributed by atoms with Crippen LogP contribution in [0.2, 0.25) is 0 Å². The smallest absolute Gasteiger partial charge is 0.407 e. The maximum Gasteiger partial charge on any atom is 0.407 e. The molecule has 1 aromatic rings. The SMILES string of the molecule is CC(C)(C)OC(=O)NCc1ccc(=O)[nH]c1. The maximum atomic E-state index is 11.3. The van der Waals surface area contributed by atoms with Gasteiger partial charge in [0, 0.05) is 18.8 Å². The number of nitrogens with one attached hydrogen (secondary N) is 2. The van der Waals surface area contributed by atoms with E-state index in [-0.39, 0.29) is 5.56 Å². The molecule has 1 heterocycles. The van der Waals surface area contributed by atoms with Crippen molar-refractivity contribution in [3.8, 4) is 0 Å². The number of alkyl carbamates (subject to hydrolysis) is 1. The number of amides is 1. The molecular weight excluding hydrogens is 208 g/mol. The molecule has 5 nitrogen and oxygen atoms in total. The molecule has 0 aliphatic heterocycles. The van der Waals surface area contributed by atoms with E-state index in [1.807, 2.05) is 0 Å². The van der Waals surface area contributed by atoms with Gasteiger partial charge in [0.05, 0.1) is 0 Å². The summed E-state index contributed by atoms with van der Waals surface area (Å²) in [5.41, 5.74) is 0.140. The number of hydrogen-bond acceptors (Lipinski definition) is 3. The van der Waals surface area contributed by atoms with Crippen LogP contribution in [0.25, 0.3) is 0 Å². The third-order valence-corrected chi connectivity index (χ3v) is 1.68. The fraction of sp³-hybridized carbons (Fsp3) is 0.455. The lowest BCUT2D eigenvalue weighted by molar-refractivity contribution is 0.0523. The van der Waals surface area contributed by atoms with Crippen molar-refractivity contribution in [2.75, 3.05) is 0 Å². The summed E-state index contributed by atoms with van der Waals surface area (Å²) in [6.45, 7) is 5.72. The Balaban J connectivity index is 2.43. The lowest BCUT2D eigenvalue weighted by Gasteiger charge is -2.19. The van der Waals surface area contributed by atoms with Crippen LogP contribution >= 0.6 is 0 Å². The highest BCUT2D eigenvalue weighted by Gasteiger charge is 2.15. The molecule has 0 fully saturated rings. The largest absolute Gasteiger partial charge is 0.444 e. The third kappa shape index (κ3) is 4.63. The minimum Gasteiger partial charge on any atom is -0.444 e. The van der Waals surface area contributed by atoms with Crippen molar-refractivity contribution in [3.63, 3.8) is 0 Å². The van der Waals surface area contributed by atoms with Crippen molar-refractivity contribution in [3.05, 3.63) is 34.2 Å². The molecule has 0 saturated heterocycles. The quantitative estimate of drug-likeness (QED) is 0.797. The van der Waals surface area contributed by atoms with E-state index in [1.165, 1.54) is 6.07 Å². The summed E-state index contributed by atoms with van der Waals surface area (Å²) in [4.78, 5) is 24.6. The Morgan fingerprint density at radius 3 is 2.62 bits per heavy atom. The van der Waals surface area contributed by atoms with Gasteiger partial charge in [0.1, 0.15) is 5.60 Å². The summed E-state index contributed by atoms with van der Waals surface area (Å²) in [5.74, 6) is 0. The Morgan fingerprint density at radius 2 is 2.12 bits per heavy atom. The van der Waals surface area contributed by atoms with Crippen LogP contribution < -0.4 is 10.9 Å². The highest BCUT2D eigenvalue weighted by atomic mass is 16.6. The minimum atomic E-state index is -0.505. The van der Waals surface area contributed by atoms with E-state index in [0.717, 1.165) is 5.56 Å². The van der Waals surface area contributed by atoms with E-state index in [9.17, 15) is 9.59 Å². The van der Waals surface area contributed by atoms with Crippen LogP contribution in [0, 0.1) is 0 Å². The first-order valence-corrected chi connectivity index (χ1v) is 5.01. The van der Waals surface area contributed by atoms with Crippen LogP contribution in [-0.2, 0) is 11.3 Å². The third-order valence-electron chi connectivity index (χ3n) is 1.68. The first-order valence-electron chi connectivity index (χ1n) is 5.01. The van der Waals surface area contributed by atoms with Crippen LogP contribution in [0.3, 0.4) is 0 Å². The fourth-order valence-corrected chi connectivity index (χ4v) is 1.04. The second kappa shape index (κ2) is 4.83. The molecule has 0 aliphatic carbocycles. The van der Waals surface area contributed by atoms with Gasteiger partial charge >= 0.3 is 6.09 Å². The average molecular weight is 224 g/mol. The topological polar surface area (TPSA) is 71.2 Å². The van der Waals surface area contributed by atoms with Gasteiger partial charge in [-0.2, -0.15) is 0 Å². The zero-order chi connectivity index (χ0) is 12.2. The molecule has 1 amide bonds. The molecule has 16 heavy (non-hydrogen) atoms. The molecule has 0 radical (unpaired) electrons. The Bertz CT molecular complexity index is 397. The van der Waals surface area contributed by atoms with Crippen LogP contribution in [0.5, 0.6) is 0 Å². The van der Waals surface area contributed by atoms with E-state index >= 15 is 0 Å². The highest BCUT2D eigenvalue weighted by Crippen LogP contribution is 2.06. The monoisotopic (exact) mass is 224 g/mol. The van der Waals surface area contributed by atoms with Crippen LogP contribution in [0.1, 0.15) is 26.3 Å². The van der Waals surface area contributed by atoms with Gasteiger partial charge < -0.3 is 15.0 Å². The van der Waals surface area contributed by atoms with E-state index in [0.29, 0.717) is 6.54 Å². The Morgan fingerprint density at radius 1 is 1.44 bits per heavy atom. The fourth-order valence-electron chi connectivity index (χ4n) is 1.04. The number of carbonyl (C=O) groups is 1. The van der Waals surface area contributed by atoms with Crippen LogP contribution in [-0.4, -0.2) is 16.7 Å². The predicted molar refractivity (Wildman–Crippen MR) is 60.1 cm³/mol. The molecule has 0 aliphatic rings. The van der Waals surface area contributed by atoms with E-state index in [2.05, 4.69) is 10.3 Å². The standard InChI is InChI=1S/C11H16N2O3/c1-11(2,3)16-10(15)13-7-8-4-5-9(14)12-6-8/h4-6H,7H2,1-3H3,(H,12,14)(H,13,15). The number of hydrogen-bond donors (Lipinski definition) is 2. The molecule has 2 N–H and O–H groups in total. The molecule has 0 bridgehead atoms. The number of rotatable bonds is 2. The van der Waals surface area contributed by atoms with Crippen molar-refractivity contribution < 1.29 is 9.53 Å². The molecule has 5 heteroatoms. The summed E-state index contributed by atoms with van der Waals surface area (Å²) in [7, 11) is 0. The molecular formula is C11H16N2O3. The van der Waals surface area contributed by atoms with E-state index < -0.39 is 11.7 Å². The number of aromatic nitrogens is 1. The Labute approximate surface area is 93.8 Å². The van der Waals surface area contributed by atoms with Crippen molar-refractivity contribution in [2.24, 2.45) is 0 Å². The van der Waals surface area contributed by atoms with Crippen molar-refractivity contribution in [2.45, 2.75) is 32.9 Å². The molecule has 0 unspecified atom stereocenters. The Kier molecular flexibility index (Phi) is 3.71. The lowest BCUT2D eigenvalue weighted by Crippen LogP contribution is -2.32. The predicted octanol–water partition coefficient (Wildman–Crippen LogP) is 1.40. The summed E-state index contributed by atoms with van der Waals surface area (Å²) < 4.78 is 5.06. The highest BCUT2D eigenvalue weighted by molar-refractivity contribution is 5.67. The number of aromatic amines is 1. The maximum absolute atomic E-state index is 11.3. The second-order valence-electron chi connectivity index (χ2n) is 4.42. The minimum absolute atomic E-state index is 0.166. The molecule has 0 atom stereocenters. The van der Waals surface area contributed by atoms with Gasteiger partial charge in [-0.25, -0.2) is 4.79 Å². The number of H-pyrrole nitrogens is 1. The molecule has 1 aromatic heterocycles. The van der Waals surface area contributed by atoms with E-state index in [1.54, 1.807) is 33.0 Å². The van der Waals surface area contributed by atoms with Gasteiger partial charge in [-0.05, 0) is 26.3 Å². The van der Waals surface area contributed by atoms with Gasteiger partial charge in [0.15, 0.2) is 0 Å². The normalized spacial score (nSPS) is 10.9. The van der Waals surface area contributed by atoms with Crippen molar-refractivity contribution >= 4 is 6.09 Å². The van der Waals surface area contributed by atoms with Gasteiger partial charge in [0.2, 0.25) is 5.56 Å². The van der Waals surface area contributed by atoms with Gasteiger partial charge in [0.25, 0.3) is 0 Å². The summed E-state index contributed by atoms with van der Waals surface area (Å²) in [6.07, 6.45) is 1.08. The van der Waals surface area contributed by atoms with Gasteiger partial charge in [-0.3, -0.25) is 4.79 Å². The van der Waals surface area contributed by atoms with Gasteiger partial charge in [-0.15, -0.1) is 0 Å². The molecule has 1 rings (SSSR count). The Hall–Kier alpha value is -1.78. The molecule has 88 valence electrons. The molecule has 0 spiro atoms. The number of carbonyl (C=O) groups excluding carboxylic acids is 1. The lowest BCUT2D eigenvalue weighted by atomic mass is 10.2. The van der Waals surface area contributed by atoms with Crippen molar-refractivity contribution in [1.82, 2.24) is 10.3 Å². The van der Waals surface area contributed by atoms with Crippen LogP contribution in [0.4, 0.5) is 4.79 Å². The second-order valence-corrected chi connectivity index (χ2v) is 4.42. The summed E-state index contributed by atoms with van der Waals surface area (Å²) >= 11 is 0. The zero-order valence-electron chi connectivity index (χ0n) is 9.66. The number of pyridine rings is 1. The van der Waals surface area contributed by atoms with Gasteiger partial charge in [-0.1, -0.05) is 6.07 Å². The molecule has 0 saturated carbocycles. The first kappa shape index (κ1) is 12.3. The summed E-state index contributed by atoms with van der Waals surface area (Å²) in [6, 6.07) is 3.06. The zero-order valence-corrected chi connectivity index (χ0v) is 9.66. The van der Waals surface area contributed by atoms with Crippen molar-refractivity contribution in [1.29, 1.82) is 0 Å². The van der Waals surface area contributed by atoms with E-state index in [4.69, 9.17) is 4.74 Å². The average Bonchev–Trinajstić information content (AvgIpc) is 2.14. The summed E-state index contributed by atoms with van der Waals surface area (Å²) in [5, 5.41) is 2.59.